The van der Waals surface area contributed by atoms with Crippen molar-refractivity contribution in [3.8, 4) is 5.75 Å². The van der Waals surface area contributed by atoms with Gasteiger partial charge in [-0.3, -0.25) is 5.01 Å². The van der Waals surface area contributed by atoms with Crippen molar-refractivity contribution < 1.29 is 4.74 Å². The topological polar surface area (TPSA) is 24.8 Å². The molecule has 0 saturated carbocycles. The molecule has 0 spiro atoms. The van der Waals surface area contributed by atoms with Crippen molar-refractivity contribution in [1.29, 1.82) is 0 Å². The Morgan fingerprint density at radius 3 is 2.86 bits per heavy atom. The molecule has 0 aromatic heterocycles. The minimum atomic E-state index is -0.0221. The molecule has 0 N–H and O–H groups in total. The zero-order valence-corrected chi connectivity index (χ0v) is 16.7. The second-order valence-electron chi connectivity index (χ2n) is 7.57. The Morgan fingerprint density at radius 1 is 1.11 bits per heavy atom. The summed E-state index contributed by atoms with van der Waals surface area (Å²) in [5.41, 5.74) is 3.48. The van der Waals surface area contributed by atoms with E-state index in [-0.39, 0.29) is 12.3 Å². The van der Waals surface area contributed by atoms with Gasteiger partial charge in [-0.05, 0) is 35.4 Å². The molecule has 0 fully saturated rings. The van der Waals surface area contributed by atoms with Gasteiger partial charge in [0, 0.05) is 29.0 Å². The number of fused-ring (bicyclic) bond motifs is 4. The first-order valence-corrected chi connectivity index (χ1v) is 10.4. The molecule has 0 amide bonds. The van der Waals surface area contributed by atoms with Gasteiger partial charge in [-0.15, -0.1) is 0 Å². The number of halogens is 1. The third kappa shape index (κ3) is 2.94. The maximum absolute atomic E-state index is 6.33. The van der Waals surface area contributed by atoms with Gasteiger partial charge in [0.15, 0.2) is 6.23 Å². The molecule has 4 heteroatoms. The zero-order valence-electron chi connectivity index (χ0n) is 15.9. The summed E-state index contributed by atoms with van der Waals surface area (Å²) in [6.45, 7) is 2.21. The predicted molar refractivity (Wildman–Crippen MR) is 115 cm³/mol. The second-order valence-corrected chi connectivity index (χ2v) is 8.01. The molecular formula is C24H23ClN2O. The molecular weight excluding hydrogens is 368 g/mol. The van der Waals surface area contributed by atoms with Crippen LogP contribution in [-0.4, -0.2) is 16.9 Å². The molecule has 3 aromatic rings. The Balaban J connectivity index is 1.58. The van der Waals surface area contributed by atoms with Gasteiger partial charge in [0.05, 0.1) is 11.8 Å². The first-order chi connectivity index (χ1) is 13.7. The molecule has 142 valence electrons. The van der Waals surface area contributed by atoms with Gasteiger partial charge >= 0.3 is 0 Å². The molecule has 2 aliphatic heterocycles. The van der Waals surface area contributed by atoms with Crippen LogP contribution in [-0.2, 0) is 0 Å². The number of hydrogen-bond acceptors (Lipinski definition) is 3. The van der Waals surface area contributed by atoms with E-state index in [0.29, 0.717) is 0 Å². The van der Waals surface area contributed by atoms with Crippen molar-refractivity contribution >= 4 is 28.1 Å². The minimum Gasteiger partial charge on any atom is -0.469 e. The summed E-state index contributed by atoms with van der Waals surface area (Å²) < 4.78 is 6.33. The van der Waals surface area contributed by atoms with Gasteiger partial charge in [0.2, 0.25) is 0 Å². The molecule has 0 unspecified atom stereocenters. The maximum atomic E-state index is 6.33. The Hall–Kier alpha value is -2.52. The molecule has 0 bridgehead atoms. The van der Waals surface area contributed by atoms with E-state index in [0.717, 1.165) is 47.7 Å². The van der Waals surface area contributed by atoms with E-state index in [9.17, 15) is 0 Å². The Bertz CT molecular complexity index is 1060. The SMILES string of the molecule is CCCC[C@@H]1Oc2ccc(Cl)cc2[C@H]2CC(c3cccc4ccccc34)=NN12. The summed E-state index contributed by atoms with van der Waals surface area (Å²) in [5.74, 6) is 0.945. The van der Waals surface area contributed by atoms with E-state index in [1.54, 1.807) is 0 Å². The van der Waals surface area contributed by atoms with Crippen molar-refractivity contribution in [3.05, 3.63) is 76.8 Å². The van der Waals surface area contributed by atoms with Gasteiger partial charge in [0.1, 0.15) is 5.75 Å². The largest absolute Gasteiger partial charge is 0.469 e. The molecule has 5 rings (SSSR count). The lowest BCUT2D eigenvalue weighted by Gasteiger charge is -2.38. The van der Waals surface area contributed by atoms with Crippen LogP contribution in [0.25, 0.3) is 10.8 Å². The standard InChI is InChI=1S/C24H23ClN2O/c1-2-3-11-24-27-22(20-14-17(25)12-13-23(20)28-24)15-21(26-27)19-10-6-8-16-7-4-5-9-18(16)19/h4-10,12-14,22,24H,2-3,11,15H2,1H3/t22-,24+/m1/s1. The van der Waals surface area contributed by atoms with E-state index in [4.69, 9.17) is 21.4 Å². The summed E-state index contributed by atoms with van der Waals surface area (Å²) >= 11 is 6.31. The lowest BCUT2D eigenvalue weighted by atomic mass is 9.94. The Labute approximate surface area is 170 Å². The number of hydrogen-bond donors (Lipinski definition) is 0. The number of hydrazone groups is 1. The van der Waals surface area contributed by atoms with Crippen LogP contribution in [0.1, 0.15) is 49.8 Å². The molecule has 2 atom stereocenters. The van der Waals surface area contributed by atoms with Crippen LogP contribution in [0.3, 0.4) is 0 Å². The van der Waals surface area contributed by atoms with Crippen molar-refractivity contribution in [2.75, 3.05) is 0 Å². The molecule has 2 aliphatic rings. The van der Waals surface area contributed by atoms with E-state index < -0.39 is 0 Å². The van der Waals surface area contributed by atoms with Gasteiger partial charge in [-0.2, -0.15) is 5.10 Å². The first-order valence-electron chi connectivity index (χ1n) is 10.0. The lowest BCUT2D eigenvalue weighted by Crippen LogP contribution is -2.40. The van der Waals surface area contributed by atoms with Gasteiger partial charge in [-0.25, -0.2) is 0 Å². The fourth-order valence-electron chi connectivity index (χ4n) is 4.34. The highest BCUT2D eigenvalue weighted by atomic mass is 35.5. The Morgan fingerprint density at radius 2 is 1.96 bits per heavy atom. The number of nitrogens with zero attached hydrogens (tertiary/aromatic N) is 2. The number of benzene rings is 3. The minimum absolute atomic E-state index is 0.0221. The van der Waals surface area contributed by atoms with Crippen LogP contribution >= 0.6 is 11.6 Å². The van der Waals surface area contributed by atoms with E-state index in [2.05, 4.69) is 54.4 Å². The molecule has 0 aliphatic carbocycles. The van der Waals surface area contributed by atoms with Gasteiger partial charge < -0.3 is 4.74 Å². The number of rotatable bonds is 4. The quantitative estimate of drug-likeness (QED) is 0.504. The summed E-state index contributed by atoms with van der Waals surface area (Å²) in [4.78, 5) is 0. The van der Waals surface area contributed by atoms with Gasteiger partial charge in [-0.1, -0.05) is 67.4 Å². The van der Waals surface area contributed by atoms with Crippen molar-refractivity contribution in [1.82, 2.24) is 5.01 Å². The molecule has 0 saturated heterocycles. The summed E-state index contributed by atoms with van der Waals surface area (Å²) in [6.07, 6.45) is 4.09. The number of unbranched alkanes of at least 4 members (excludes halogenated alkanes) is 1. The van der Waals surface area contributed by atoms with E-state index >= 15 is 0 Å². The summed E-state index contributed by atoms with van der Waals surface area (Å²) in [5, 5.41) is 10.5. The Kier molecular flexibility index (Phi) is 4.48. The fraction of sp³-hybridized carbons (Fsp3) is 0.292. The average Bonchev–Trinajstić information content (AvgIpc) is 3.17. The highest BCUT2D eigenvalue weighted by molar-refractivity contribution is 6.30. The average molecular weight is 391 g/mol. The zero-order chi connectivity index (χ0) is 19.1. The smallest absolute Gasteiger partial charge is 0.187 e. The fourth-order valence-corrected chi connectivity index (χ4v) is 4.52. The van der Waals surface area contributed by atoms with Crippen LogP contribution in [0.4, 0.5) is 0 Å². The maximum Gasteiger partial charge on any atom is 0.187 e. The third-order valence-corrected chi connectivity index (χ3v) is 5.97. The highest BCUT2D eigenvalue weighted by Gasteiger charge is 2.40. The predicted octanol–water partition coefficient (Wildman–Crippen LogP) is 6.55. The van der Waals surface area contributed by atoms with Crippen LogP contribution in [0.5, 0.6) is 5.75 Å². The number of ether oxygens (including phenoxy) is 1. The third-order valence-electron chi connectivity index (χ3n) is 5.74. The van der Waals surface area contributed by atoms with Crippen LogP contribution in [0, 0.1) is 0 Å². The van der Waals surface area contributed by atoms with Gasteiger partial charge in [0.25, 0.3) is 0 Å². The molecule has 3 nitrogen and oxygen atoms in total. The normalized spacial score (nSPS) is 20.5. The summed E-state index contributed by atoms with van der Waals surface area (Å²) in [7, 11) is 0. The van der Waals surface area contributed by atoms with Crippen LogP contribution < -0.4 is 4.74 Å². The lowest BCUT2D eigenvalue weighted by molar-refractivity contribution is -0.0231. The summed E-state index contributed by atoms with van der Waals surface area (Å²) in [6, 6.07) is 21.1. The van der Waals surface area contributed by atoms with E-state index in [1.807, 2.05) is 18.2 Å². The van der Waals surface area contributed by atoms with E-state index in [1.165, 1.54) is 16.3 Å². The monoisotopic (exact) mass is 390 g/mol. The van der Waals surface area contributed by atoms with Crippen molar-refractivity contribution in [3.63, 3.8) is 0 Å². The van der Waals surface area contributed by atoms with Crippen LogP contribution in [0.2, 0.25) is 5.02 Å². The first kappa shape index (κ1) is 17.6. The molecule has 2 heterocycles. The highest BCUT2D eigenvalue weighted by Crippen LogP contribution is 2.45. The second kappa shape index (κ2) is 7.14. The molecule has 3 aromatic carbocycles. The molecule has 0 radical (unpaired) electrons. The van der Waals surface area contributed by atoms with Crippen molar-refractivity contribution in [2.45, 2.75) is 44.9 Å². The molecule has 28 heavy (non-hydrogen) atoms. The van der Waals surface area contributed by atoms with Crippen LogP contribution in [0.15, 0.2) is 65.8 Å². The van der Waals surface area contributed by atoms with Crippen molar-refractivity contribution in [2.24, 2.45) is 5.10 Å².